The Labute approximate surface area is 142 Å². The van der Waals surface area contributed by atoms with Crippen molar-refractivity contribution in [1.29, 1.82) is 0 Å². The van der Waals surface area contributed by atoms with Crippen LogP contribution in [0.1, 0.15) is 56.4 Å². The van der Waals surface area contributed by atoms with Crippen LogP contribution < -0.4 is 5.32 Å². The second-order valence-electron chi connectivity index (χ2n) is 7.83. The number of nitrogens with one attached hydrogen (secondary N) is 2. The fraction of sp³-hybridized carbons (Fsp3) is 0.647. The average Bonchev–Trinajstić information content (AvgIpc) is 2.88. The Morgan fingerprint density at radius 1 is 1.33 bits per heavy atom. The van der Waals surface area contributed by atoms with Crippen molar-refractivity contribution >= 4 is 12.0 Å². The predicted molar refractivity (Wildman–Crippen MR) is 89.8 cm³/mol. The van der Waals surface area contributed by atoms with Crippen LogP contribution in [0.15, 0.2) is 6.07 Å². The molecule has 1 aromatic rings. The molecule has 1 aliphatic rings. The normalized spacial score (nSPS) is 15.0. The van der Waals surface area contributed by atoms with Crippen LogP contribution in [0, 0.1) is 0 Å². The summed E-state index contributed by atoms with van der Waals surface area (Å²) in [6, 6.07) is 1.81. The lowest BCUT2D eigenvalue weighted by atomic mass is 10.1. The predicted octanol–water partition coefficient (Wildman–Crippen LogP) is 1.81. The summed E-state index contributed by atoms with van der Waals surface area (Å²) in [7, 11) is 0. The molecule has 0 spiro atoms. The van der Waals surface area contributed by atoms with E-state index in [1.807, 2.05) is 26.8 Å². The van der Waals surface area contributed by atoms with Crippen molar-refractivity contribution in [3.63, 3.8) is 0 Å². The maximum Gasteiger partial charge on any atom is 0.410 e. The molecule has 0 saturated carbocycles. The second-order valence-corrected chi connectivity index (χ2v) is 7.83. The van der Waals surface area contributed by atoms with Gasteiger partial charge in [0.1, 0.15) is 11.3 Å². The van der Waals surface area contributed by atoms with E-state index in [0.717, 1.165) is 11.3 Å². The monoisotopic (exact) mass is 337 g/mol. The Balaban J connectivity index is 2.07. The number of aromatic amines is 1. The molecular weight excluding hydrogens is 310 g/mol. The van der Waals surface area contributed by atoms with Crippen LogP contribution in [0.3, 0.4) is 0 Å². The zero-order valence-electron chi connectivity index (χ0n) is 15.0. The van der Waals surface area contributed by atoms with Gasteiger partial charge in [0.05, 0.1) is 18.7 Å². The van der Waals surface area contributed by atoms with Crippen LogP contribution in [0.5, 0.6) is 0 Å². The van der Waals surface area contributed by atoms with E-state index in [2.05, 4.69) is 10.3 Å². The summed E-state index contributed by atoms with van der Waals surface area (Å²) in [6.45, 7) is 9.80. The first-order valence-electron chi connectivity index (χ1n) is 8.13. The van der Waals surface area contributed by atoms with E-state index in [9.17, 15) is 14.7 Å². The molecule has 0 aromatic carbocycles. The van der Waals surface area contributed by atoms with Crippen molar-refractivity contribution < 1.29 is 19.4 Å². The zero-order chi connectivity index (χ0) is 18.1. The number of hydrogen-bond donors (Lipinski definition) is 3. The van der Waals surface area contributed by atoms with Crippen LogP contribution in [0.25, 0.3) is 0 Å². The molecule has 0 fully saturated rings. The SMILES string of the molecule is CC(C)(CO)NC(=O)c1cc2c([nH]1)CN(C(=O)OC(C)(C)C)CC2. The first-order valence-corrected chi connectivity index (χ1v) is 8.13. The summed E-state index contributed by atoms with van der Waals surface area (Å²) in [6.07, 6.45) is 0.317. The number of carbonyl (C=O) groups excluding carboxylic acids is 2. The Morgan fingerprint density at radius 3 is 2.58 bits per heavy atom. The molecule has 3 N–H and O–H groups in total. The molecule has 0 bridgehead atoms. The first-order chi connectivity index (χ1) is 11.0. The topological polar surface area (TPSA) is 94.7 Å². The minimum absolute atomic E-state index is 0.147. The van der Waals surface area contributed by atoms with E-state index in [1.165, 1.54) is 0 Å². The van der Waals surface area contributed by atoms with Crippen LogP contribution in [0.2, 0.25) is 0 Å². The van der Waals surface area contributed by atoms with Gasteiger partial charge in [0.25, 0.3) is 5.91 Å². The summed E-state index contributed by atoms with van der Waals surface area (Å²) in [4.78, 5) is 29.2. The number of ether oxygens (including phenoxy) is 1. The number of fused-ring (bicyclic) bond motifs is 1. The standard InChI is InChI=1S/C17H27N3O4/c1-16(2,3)24-15(23)20-7-6-11-8-12(18-13(11)9-20)14(22)19-17(4,5)10-21/h8,18,21H,6-7,9-10H2,1-5H3,(H,19,22). The number of aliphatic hydroxyl groups excluding tert-OH is 1. The van der Waals surface area contributed by atoms with E-state index in [1.54, 1.807) is 18.7 Å². The van der Waals surface area contributed by atoms with Crippen molar-refractivity contribution in [2.45, 2.75) is 58.7 Å². The molecule has 24 heavy (non-hydrogen) atoms. The van der Waals surface area contributed by atoms with Gasteiger partial charge in [-0.3, -0.25) is 4.79 Å². The van der Waals surface area contributed by atoms with Gasteiger partial charge in [-0.15, -0.1) is 0 Å². The molecule has 0 aliphatic carbocycles. The fourth-order valence-corrected chi connectivity index (χ4v) is 2.45. The maximum atomic E-state index is 12.3. The lowest BCUT2D eigenvalue weighted by Gasteiger charge is -2.29. The van der Waals surface area contributed by atoms with Gasteiger partial charge in [0, 0.05) is 12.2 Å². The number of rotatable bonds is 3. The van der Waals surface area contributed by atoms with Crippen molar-refractivity contribution in [2.24, 2.45) is 0 Å². The zero-order valence-corrected chi connectivity index (χ0v) is 15.0. The minimum Gasteiger partial charge on any atom is -0.444 e. The molecule has 7 nitrogen and oxygen atoms in total. The van der Waals surface area contributed by atoms with E-state index in [-0.39, 0.29) is 18.6 Å². The second kappa shape index (κ2) is 6.47. The summed E-state index contributed by atoms with van der Waals surface area (Å²) < 4.78 is 5.39. The lowest BCUT2D eigenvalue weighted by molar-refractivity contribution is 0.0221. The van der Waals surface area contributed by atoms with E-state index in [4.69, 9.17) is 4.74 Å². The molecular formula is C17H27N3O4. The quantitative estimate of drug-likeness (QED) is 0.784. The molecule has 2 amide bonds. The number of amides is 2. The molecule has 1 aliphatic heterocycles. The van der Waals surface area contributed by atoms with Crippen LogP contribution in [-0.2, 0) is 17.7 Å². The Hall–Kier alpha value is -2.02. The number of nitrogens with zero attached hydrogens (tertiary/aromatic N) is 1. The van der Waals surface area contributed by atoms with Gasteiger partial charge in [-0.05, 0) is 52.7 Å². The lowest BCUT2D eigenvalue weighted by Crippen LogP contribution is -2.46. The number of H-pyrrole nitrogens is 1. The van der Waals surface area contributed by atoms with Crippen LogP contribution in [-0.4, -0.2) is 51.3 Å². The maximum absolute atomic E-state index is 12.3. The number of hydrogen-bond acceptors (Lipinski definition) is 4. The van der Waals surface area contributed by atoms with E-state index in [0.29, 0.717) is 25.2 Å². The summed E-state index contributed by atoms with van der Waals surface area (Å²) >= 11 is 0. The van der Waals surface area contributed by atoms with Gasteiger partial charge < -0.3 is 25.0 Å². The molecule has 1 aromatic heterocycles. The van der Waals surface area contributed by atoms with Crippen molar-refractivity contribution in [2.75, 3.05) is 13.2 Å². The van der Waals surface area contributed by atoms with Gasteiger partial charge in [-0.2, -0.15) is 0 Å². The summed E-state index contributed by atoms with van der Waals surface area (Å²) in [5, 5.41) is 12.0. The van der Waals surface area contributed by atoms with Crippen molar-refractivity contribution in [1.82, 2.24) is 15.2 Å². The highest BCUT2D eigenvalue weighted by atomic mass is 16.6. The van der Waals surface area contributed by atoms with E-state index < -0.39 is 11.1 Å². The average molecular weight is 337 g/mol. The third kappa shape index (κ3) is 4.50. The van der Waals surface area contributed by atoms with Crippen molar-refractivity contribution in [3.05, 3.63) is 23.0 Å². The molecule has 2 heterocycles. The van der Waals surface area contributed by atoms with Gasteiger partial charge in [0.15, 0.2) is 0 Å². The molecule has 2 rings (SSSR count). The third-order valence-corrected chi connectivity index (χ3v) is 3.74. The molecule has 0 atom stereocenters. The number of carbonyl (C=O) groups is 2. The van der Waals surface area contributed by atoms with Gasteiger partial charge in [0.2, 0.25) is 0 Å². The number of aromatic nitrogens is 1. The molecule has 0 unspecified atom stereocenters. The molecule has 0 radical (unpaired) electrons. The highest BCUT2D eigenvalue weighted by molar-refractivity contribution is 5.93. The Bertz CT molecular complexity index is 628. The third-order valence-electron chi connectivity index (χ3n) is 3.74. The Kier molecular flexibility index (Phi) is 4.94. The minimum atomic E-state index is -0.689. The molecule has 0 saturated heterocycles. The first kappa shape index (κ1) is 18.3. The smallest absolute Gasteiger partial charge is 0.410 e. The van der Waals surface area contributed by atoms with Crippen molar-refractivity contribution in [3.8, 4) is 0 Å². The summed E-state index contributed by atoms with van der Waals surface area (Å²) in [5.74, 6) is -0.271. The Morgan fingerprint density at radius 2 is 2.00 bits per heavy atom. The van der Waals surface area contributed by atoms with Gasteiger partial charge in [-0.1, -0.05) is 0 Å². The van der Waals surface area contributed by atoms with Crippen LogP contribution >= 0.6 is 0 Å². The molecule has 7 heteroatoms. The highest BCUT2D eigenvalue weighted by Gasteiger charge is 2.28. The van der Waals surface area contributed by atoms with Gasteiger partial charge >= 0.3 is 6.09 Å². The largest absolute Gasteiger partial charge is 0.444 e. The summed E-state index contributed by atoms with van der Waals surface area (Å²) in [5.41, 5.74) is 1.09. The number of aliphatic hydroxyl groups is 1. The van der Waals surface area contributed by atoms with Gasteiger partial charge in [-0.25, -0.2) is 4.79 Å². The highest BCUT2D eigenvalue weighted by Crippen LogP contribution is 2.22. The fourth-order valence-electron chi connectivity index (χ4n) is 2.45. The van der Waals surface area contributed by atoms with Crippen LogP contribution in [0.4, 0.5) is 4.79 Å². The molecule has 134 valence electrons. The van der Waals surface area contributed by atoms with E-state index >= 15 is 0 Å².